The third kappa shape index (κ3) is 5.00. The van der Waals surface area contributed by atoms with Gasteiger partial charge < -0.3 is 15.8 Å². The molecule has 5 heteroatoms. The van der Waals surface area contributed by atoms with Crippen molar-refractivity contribution in [2.45, 2.75) is 44.2 Å². The maximum absolute atomic E-state index is 13.6. The highest BCUT2D eigenvalue weighted by Crippen LogP contribution is 2.20. The second-order valence-electron chi connectivity index (χ2n) is 5.49. The molecule has 1 saturated carbocycles. The van der Waals surface area contributed by atoms with Gasteiger partial charge in [0, 0.05) is 19.2 Å². The van der Waals surface area contributed by atoms with Crippen LogP contribution in [-0.2, 0) is 4.74 Å². The summed E-state index contributed by atoms with van der Waals surface area (Å²) in [6.45, 7) is 1.32. The number of nitrogens with one attached hydrogen (secondary N) is 1. The lowest BCUT2D eigenvalue weighted by Gasteiger charge is -2.26. The van der Waals surface area contributed by atoms with E-state index in [2.05, 4.69) is 5.32 Å². The monoisotopic (exact) mass is 291 g/mol. The lowest BCUT2D eigenvalue weighted by atomic mass is 9.94. The van der Waals surface area contributed by atoms with E-state index in [4.69, 9.17) is 15.7 Å². The molecule has 1 aromatic carbocycles. The van der Waals surface area contributed by atoms with Gasteiger partial charge in [-0.3, -0.25) is 0 Å². The number of hydrogen-bond donors (Lipinski definition) is 2. The normalized spacial score (nSPS) is 21.8. The van der Waals surface area contributed by atoms with Crippen molar-refractivity contribution >= 4 is 5.69 Å². The number of benzene rings is 1. The number of halogens is 1. The van der Waals surface area contributed by atoms with Crippen LogP contribution in [0.2, 0.25) is 0 Å². The van der Waals surface area contributed by atoms with Gasteiger partial charge in [0.05, 0.1) is 23.4 Å². The zero-order valence-electron chi connectivity index (χ0n) is 12.1. The third-order valence-electron chi connectivity index (χ3n) is 3.81. The van der Waals surface area contributed by atoms with Gasteiger partial charge in [-0.1, -0.05) is 0 Å². The predicted molar refractivity (Wildman–Crippen MR) is 80.4 cm³/mol. The zero-order valence-corrected chi connectivity index (χ0v) is 12.1. The first kappa shape index (κ1) is 15.7. The van der Waals surface area contributed by atoms with Gasteiger partial charge in [0.1, 0.15) is 5.82 Å². The molecule has 0 bridgehead atoms. The molecule has 0 unspecified atom stereocenters. The third-order valence-corrected chi connectivity index (χ3v) is 3.81. The molecule has 0 radical (unpaired) electrons. The minimum absolute atomic E-state index is 0.330. The van der Waals surface area contributed by atoms with Crippen LogP contribution in [0.25, 0.3) is 0 Å². The molecule has 114 valence electrons. The Labute approximate surface area is 125 Å². The first-order valence-electron chi connectivity index (χ1n) is 7.49. The second kappa shape index (κ2) is 7.96. The van der Waals surface area contributed by atoms with Crippen LogP contribution < -0.4 is 11.1 Å². The zero-order chi connectivity index (χ0) is 15.1. The van der Waals surface area contributed by atoms with E-state index in [1.54, 1.807) is 12.1 Å². The molecular formula is C16H22FN3O. The van der Waals surface area contributed by atoms with E-state index in [1.165, 1.54) is 6.07 Å². The van der Waals surface area contributed by atoms with E-state index in [0.717, 1.165) is 32.1 Å². The SMILES string of the molecule is N#Cc1ccc(NCCCOC2CCC(N)CC2)c(F)c1. The summed E-state index contributed by atoms with van der Waals surface area (Å²) in [5, 5.41) is 11.7. The van der Waals surface area contributed by atoms with Gasteiger partial charge in [-0.05, 0) is 50.3 Å². The molecular weight excluding hydrogens is 269 g/mol. The summed E-state index contributed by atoms with van der Waals surface area (Å²) in [5.74, 6) is -0.392. The van der Waals surface area contributed by atoms with Crippen molar-refractivity contribution in [3.63, 3.8) is 0 Å². The van der Waals surface area contributed by atoms with Crippen molar-refractivity contribution in [2.75, 3.05) is 18.5 Å². The molecule has 4 nitrogen and oxygen atoms in total. The quantitative estimate of drug-likeness (QED) is 0.791. The number of hydrogen-bond acceptors (Lipinski definition) is 4. The lowest BCUT2D eigenvalue weighted by Crippen LogP contribution is -2.30. The van der Waals surface area contributed by atoms with Gasteiger partial charge >= 0.3 is 0 Å². The van der Waals surface area contributed by atoms with E-state index >= 15 is 0 Å². The summed E-state index contributed by atoms with van der Waals surface area (Å²) in [6, 6.07) is 6.69. The molecule has 0 amide bonds. The Bertz CT molecular complexity index is 493. The first-order valence-corrected chi connectivity index (χ1v) is 7.49. The fourth-order valence-electron chi connectivity index (χ4n) is 2.53. The Morgan fingerprint density at radius 3 is 2.76 bits per heavy atom. The average Bonchev–Trinajstić information content (AvgIpc) is 2.50. The maximum atomic E-state index is 13.6. The van der Waals surface area contributed by atoms with E-state index in [-0.39, 0.29) is 0 Å². The molecule has 0 saturated heterocycles. The second-order valence-corrected chi connectivity index (χ2v) is 5.49. The number of nitrogens with zero attached hydrogens (tertiary/aromatic N) is 1. The molecule has 3 N–H and O–H groups in total. The number of nitrogens with two attached hydrogens (primary N) is 1. The number of rotatable bonds is 6. The summed E-state index contributed by atoms with van der Waals surface area (Å²) >= 11 is 0. The Morgan fingerprint density at radius 2 is 2.10 bits per heavy atom. The Morgan fingerprint density at radius 1 is 1.33 bits per heavy atom. The van der Waals surface area contributed by atoms with Crippen molar-refractivity contribution in [1.29, 1.82) is 5.26 Å². The van der Waals surface area contributed by atoms with Gasteiger partial charge in [0.25, 0.3) is 0 Å². The summed E-state index contributed by atoms with van der Waals surface area (Å²) < 4.78 is 19.4. The molecule has 21 heavy (non-hydrogen) atoms. The summed E-state index contributed by atoms with van der Waals surface area (Å²) in [4.78, 5) is 0. The molecule has 0 aromatic heterocycles. The van der Waals surface area contributed by atoms with Crippen LogP contribution >= 0.6 is 0 Å². The summed E-state index contributed by atoms with van der Waals surface area (Å²) in [6.07, 6.45) is 5.31. The van der Waals surface area contributed by atoms with E-state index in [1.807, 2.05) is 6.07 Å². The van der Waals surface area contributed by atoms with Crippen molar-refractivity contribution < 1.29 is 9.13 Å². The number of ether oxygens (including phenoxy) is 1. The Hall–Kier alpha value is -1.64. The topological polar surface area (TPSA) is 71.1 Å². The van der Waals surface area contributed by atoms with Crippen LogP contribution in [0, 0.1) is 17.1 Å². The predicted octanol–water partition coefficient (Wildman–Crippen LogP) is 2.79. The van der Waals surface area contributed by atoms with Gasteiger partial charge in [0.2, 0.25) is 0 Å². The Balaban J connectivity index is 1.63. The van der Waals surface area contributed by atoms with Gasteiger partial charge in [-0.25, -0.2) is 4.39 Å². The first-order chi connectivity index (χ1) is 10.2. The largest absolute Gasteiger partial charge is 0.383 e. The fourth-order valence-corrected chi connectivity index (χ4v) is 2.53. The van der Waals surface area contributed by atoms with Crippen LogP contribution in [0.4, 0.5) is 10.1 Å². The van der Waals surface area contributed by atoms with Crippen molar-refractivity contribution in [2.24, 2.45) is 5.73 Å². The van der Waals surface area contributed by atoms with Crippen molar-refractivity contribution in [3.8, 4) is 6.07 Å². The van der Waals surface area contributed by atoms with Gasteiger partial charge in [0.15, 0.2) is 0 Å². The van der Waals surface area contributed by atoms with Gasteiger partial charge in [-0.2, -0.15) is 5.26 Å². The molecule has 1 aliphatic carbocycles. The van der Waals surface area contributed by atoms with Crippen LogP contribution in [0.15, 0.2) is 18.2 Å². The minimum Gasteiger partial charge on any atom is -0.383 e. The maximum Gasteiger partial charge on any atom is 0.147 e. The highest BCUT2D eigenvalue weighted by Gasteiger charge is 2.18. The standard InChI is InChI=1S/C16H22FN3O/c17-15-10-12(11-18)2-7-16(15)20-8-1-9-21-14-5-3-13(19)4-6-14/h2,7,10,13-14,20H,1,3-6,8-9,19H2. The van der Waals surface area contributed by atoms with Crippen LogP contribution in [0.5, 0.6) is 0 Å². The summed E-state index contributed by atoms with van der Waals surface area (Å²) in [7, 11) is 0. The molecule has 1 aromatic rings. The van der Waals surface area contributed by atoms with E-state index in [0.29, 0.717) is 36.5 Å². The van der Waals surface area contributed by atoms with E-state index < -0.39 is 5.82 Å². The molecule has 1 fully saturated rings. The molecule has 1 aliphatic rings. The summed E-state index contributed by atoms with van der Waals surface area (Å²) in [5.41, 5.74) is 6.61. The fraction of sp³-hybridized carbons (Fsp3) is 0.562. The number of anilines is 1. The van der Waals surface area contributed by atoms with E-state index in [9.17, 15) is 4.39 Å². The molecule has 0 spiro atoms. The highest BCUT2D eigenvalue weighted by atomic mass is 19.1. The highest BCUT2D eigenvalue weighted by molar-refractivity contribution is 5.48. The average molecular weight is 291 g/mol. The molecule has 2 rings (SSSR count). The lowest BCUT2D eigenvalue weighted by molar-refractivity contribution is 0.0251. The molecule has 0 atom stereocenters. The van der Waals surface area contributed by atoms with Crippen molar-refractivity contribution in [1.82, 2.24) is 0 Å². The van der Waals surface area contributed by atoms with Crippen LogP contribution in [0.3, 0.4) is 0 Å². The van der Waals surface area contributed by atoms with Gasteiger partial charge in [-0.15, -0.1) is 0 Å². The molecule has 0 heterocycles. The van der Waals surface area contributed by atoms with Crippen LogP contribution in [-0.4, -0.2) is 25.3 Å². The van der Waals surface area contributed by atoms with Crippen LogP contribution in [0.1, 0.15) is 37.7 Å². The molecule has 0 aliphatic heterocycles. The van der Waals surface area contributed by atoms with Crippen molar-refractivity contribution in [3.05, 3.63) is 29.6 Å². The number of nitriles is 1. The Kier molecular flexibility index (Phi) is 5.97. The smallest absolute Gasteiger partial charge is 0.147 e. The minimum atomic E-state index is -0.392.